The average molecular weight is 479 g/mol. The minimum atomic E-state index is -1.04. The van der Waals surface area contributed by atoms with Gasteiger partial charge in [0.25, 0.3) is 5.89 Å². The number of furan rings is 1. The molecule has 4 aromatic rings. The first-order valence-electron chi connectivity index (χ1n) is 10.9. The Morgan fingerprint density at radius 3 is 2.77 bits per heavy atom. The number of rotatable bonds is 11. The molecule has 0 unspecified atom stereocenters. The summed E-state index contributed by atoms with van der Waals surface area (Å²) in [6.45, 7) is 4.78. The number of aliphatic carboxylic acids is 1. The number of hydrogen-bond acceptors (Lipinski definition) is 8. The number of aryl methyl sites for hydroxylation is 2. The predicted octanol–water partition coefficient (Wildman–Crippen LogP) is 4.72. The summed E-state index contributed by atoms with van der Waals surface area (Å²) in [4.78, 5) is 15.3. The second-order valence-electron chi connectivity index (χ2n) is 7.48. The van der Waals surface area contributed by atoms with Gasteiger partial charge in [0.1, 0.15) is 24.7 Å². The van der Waals surface area contributed by atoms with Crippen LogP contribution in [0.5, 0.6) is 17.4 Å². The molecule has 0 aliphatic heterocycles. The molecule has 0 saturated carbocycles. The molecule has 0 radical (unpaired) electrons. The van der Waals surface area contributed by atoms with E-state index >= 15 is 0 Å². The van der Waals surface area contributed by atoms with E-state index in [4.69, 9.17) is 28.2 Å². The molecule has 0 bridgehead atoms. The van der Waals surface area contributed by atoms with Crippen LogP contribution in [0.4, 0.5) is 0 Å². The smallest absolute Gasteiger partial charge is 0.328 e. The summed E-state index contributed by atoms with van der Waals surface area (Å²) < 4.78 is 30.0. The Kier molecular flexibility index (Phi) is 7.20. The van der Waals surface area contributed by atoms with Gasteiger partial charge < -0.3 is 28.2 Å². The summed E-state index contributed by atoms with van der Waals surface area (Å²) in [5.74, 6) is 1.96. The van der Waals surface area contributed by atoms with E-state index in [0.717, 1.165) is 11.6 Å². The van der Waals surface area contributed by atoms with Crippen molar-refractivity contribution < 1.29 is 32.9 Å². The highest BCUT2D eigenvalue weighted by Crippen LogP contribution is 2.30. The summed E-state index contributed by atoms with van der Waals surface area (Å²) >= 11 is 0. The fraction of sp³-hybridized carbons (Fsp3) is 0.240. The zero-order chi connectivity index (χ0) is 24.8. The van der Waals surface area contributed by atoms with Crippen LogP contribution in [0, 0.1) is 6.92 Å². The number of methoxy groups -OCH3 is 1. The topological polar surface area (TPSA) is 122 Å². The Morgan fingerprint density at radius 2 is 2.06 bits per heavy atom. The van der Waals surface area contributed by atoms with E-state index < -0.39 is 5.97 Å². The van der Waals surface area contributed by atoms with Gasteiger partial charge in [-0.05, 0) is 49.8 Å². The molecule has 0 aliphatic rings. The zero-order valence-corrected chi connectivity index (χ0v) is 19.6. The summed E-state index contributed by atoms with van der Waals surface area (Å²) in [6, 6.07) is 8.99. The molecular weight excluding hydrogens is 454 g/mol. The first-order chi connectivity index (χ1) is 17.0. The molecule has 0 aliphatic carbocycles. The van der Waals surface area contributed by atoms with Crippen LogP contribution in [0.1, 0.15) is 29.5 Å². The van der Waals surface area contributed by atoms with Crippen molar-refractivity contribution in [2.75, 3.05) is 7.11 Å². The number of aromatic nitrogens is 3. The van der Waals surface area contributed by atoms with E-state index in [2.05, 4.69) is 10.1 Å². The molecule has 0 spiro atoms. The lowest BCUT2D eigenvalue weighted by atomic mass is 10.2. The third-order valence-corrected chi connectivity index (χ3v) is 5.08. The molecule has 0 fully saturated rings. The number of ether oxygens (including phenoxy) is 3. The molecule has 1 aromatic carbocycles. The standard InChI is InChI=1S/C25H25N3O7/c1-4-28-13-18(8-10-23(29)30)24(27-28)34-14-17-7-9-20(22(12-17)31-3)33-15-19-16(2)35-25(26-19)21-6-5-11-32-21/h5-13H,4,14-15H2,1-3H3,(H,29,30)/b10-8+. The van der Waals surface area contributed by atoms with Gasteiger partial charge in [-0.1, -0.05) is 6.07 Å². The number of carboxylic acid groups (broad SMARTS) is 1. The summed E-state index contributed by atoms with van der Waals surface area (Å²) in [5, 5.41) is 13.2. The van der Waals surface area contributed by atoms with Gasteiger partial charge in [0.05, 0.1) is 18.9 Å². The van der Waals surface area contributed by atoms with Gasteiger partial charge in [-0.15, -0.1) is 5.10 Å². The maximum absolute atomic E-state index is 10.9. The predicted molar refractivity (Wildman–Crippen MR) is 125 cm³/mol. The van der Waals surface area contributed by atoms with Crippen LogP contribution < -0.4 is 14.2 Å². The van der Waals surface area contributed by atoms with Gasteiger partial charge in [0, 0.05) is 18.8 Å². The Labute approximate surface area is 201 Å². The van der Waals surface area contributed by atoms with E-state index in [1.54, 1.807) is 42.5 Å². The fourth-order valence-corrected chi connectivity index (χ4v) is 3.26. The maximum atomic E-state index is 10.9. The number of carbonyl (C=O) groups is 1. The lowest BCUT2D eigenvalue weighted by Crippen LogP contribution is -2.02. The van der Waals surface area contributed by atoms with Crippen molar-refractivity contribution in [2.45, 2.75) is 33.6 Å². The first-order valence-corrected chi connectivity index (χ1v) is 10.9. The van der Waals surface area contributed by atoms with Crippen LogP contribution in [-0.2, 0) is 24.6 Å². The molecule has 10 nitrogen and oxygen atoms in total. The average Bonchev–Trinajstić information content (AvgIpc) is 3.60. The Balaban J connectivity index is 1.43. The highest BCUT2D eigenvalue weighted by atomic mass is 16.5. The van der Waals surface area contributed by atoms with E-state index in [1.807, 2.05) is 26.0 Å². The van der Waals surface area contributed by atoms with Crippen molar-refractivity contribution in [2.24, 2.45) is 0 Å². The van der Waals surface area contributed by atoms with E-state index in [0.29, 0.717) is 52.6 Å². The Hall–Kier alpha value is -4.47. The van der Waals surface area contributed by atoms with Gasteiger partial charge >= 0.3 is 5.97 Å². The van der Waals surface area contributed by atoms with Crippen LogP contribution in [-0.4, -0.2) is 33.0 Å². The molecule has 3 aromatic heterocycles. The molecule has 4 rings (SSSR count). The number of carboxylic acids is 1. The molecule has 35 heavy (non-hydrogen) atoms. The molecule has 1 N–H and O–H groups in total. The van der Waals surface area contributed by atoms with E-state index in [9.17, 15) is 4.79 Å². The van der Waals surface area contributed by atoms with Crippen LogP contribution in [0.15, 0.2) is 57.7 Å². The van der Waals surface area contributed by atoms with Crippen LogP contribution in [0.2, 0.25) is 0 Å². The summed E-state index contributed by atoms with van der Waals surface area (Å²) in [7, 11) is 1.56. The van der Waals surface area contributed by atoms with Crippen molar-refractivity contribution >= 4 is 12.0 Å². The summed E-state index contributed by atoms with van der Waals surface area (Å²) in [6.07, 6.45) is 5.80. The van der Waals surface area contributed by atoms with Gasteiger partial charge in [0.15, 0.2) is 17.3 Å². The molecular formula is C25H25N3O7. The third kappa shape index (κ3) is 5.72. The molecule has 0 saturated heterocycles. The van der Waals surface area contributed by atoms with Crippen molar-refractivity contribution in [1.29, 1.82) is 0 Å². The van der Waals surface area contributed by atoms with Crippen molar-refractivity contribution in [1.82, 2.24) is 14.8 Å². The van der Waals surface area contributed by atoms with Gasteiger partial charge in [-0.3, -0.25) is 4.68 Å². The number of oxazole rings is 1. The highest BCUT2D eigenvalue weighted by Gasteiger charge is 2.15. The lowest BCUT2D eigenvalue weighted by Gasteiger charge is -2.12. The molecule has 10 heteroatoms. The zero-order valence-electron chi connectivity index (χ0n) is 19.6. The largest absolute Gasteiger partial charge is 0.493 e. The van der Waals surface area contributed by atoms with Gasteiger partial charge in [-0.25, -0.2) is 9.78 Å². The second kappa shape index (κ2) is 10.6. The van der Waals surface area contributed by atoms with Crippen molar-refractivity contribution in [3.8, 4) is 29.0 Å². The molecule has 3 heterocycles. The van der Waals surface area contributed by atoms with Crippen LogP contribution in [0.25, 0.3) is 17.7 Å². The SMILES string of the molecule is CCn1cc(/C=C/C(=O)O)c(OCc2ccc(OCc3nc(-c4ccco4)oc3C)c(OC)c2)n1. The second-order valence-corrected chi connectivity index (χ2v) is 7.48. The van der Waals surface area contributed by atoms with Gasteiger partial charge in [-0.2, -0.15) is 0 Å². The van der Waals surface area contributed by atoms with Crippen molar-refractivity contribution in [3.05, 3.63) is 71.4 Å². The lowest BCUT2D eigenvalue weighted by molar-refractivity contribution is -0.131. The number of hydrogen-bond donors (Lipinski definition) is 1. The van der Waals surface area contributed by atoms with Gasteiger partial charge in [0.2, 0.25) is 5.88 Å². The minimum Gasteiger partial charge on any atom is -0.493 e. The van der Waals surface area contributed by atoms with E-state index in [-0.39, 0.29) is 13.2 Å². The maximum Gasteiger partial charge on any atom is 0.328 e. The summed E-state index contributed by atoms with van der Waals surface area (Å²) in [5.41, 5.74) is 2.06. The number of nitrogens with zero attached hydrogens (tertiary/aromatic N) is 3. The van der Waals surface area contributed by atoms with Crippen molar-refractivity contribution in [3.63, 3.8) is 0 Å². The normalized spacial score (nSPS) is 11.2. The molecule has 0 atom stereocenters. The molecule has 0 amide bonds. The first kappa shape index (κ1) is 23.7. The monoisotopic (exact) mass is 479 g/mol. The van der Waals surface area contributed by atoms with E-state index in [1.165, 1.54) is 6.08 Å². The highest BCUT2D eigenvalue weighted by molar-refractivity contribution is 5.85. The van der Waals surface area contributed by atoms with Crippen LogP contribution >= 0.6 is 0 Å². The number of benzene rings is 1. The minimum absolute atomic E-state index is 0.190. The van der Waals surface area contributed by atoms with Crippen LogP contribution in [0.3, 0.4) is 0 Å². The Morgan fingerprint density at radius 1 is 1.20 bits per heavy atom. The third-order valence-electron chi connectivity index (χ3n) is 5.08. The fourth-order valence-electron chi connectivity index (χ4n) is 3.26. The molecule has 182 valence electrons. The quantitative estimate of drug-likeness (QED) is 0.304. The Bertz CT molecular complexity index is 1320.